The lowest BCUT2D eigenvalue weighted by Crippen LogP contribution is -2.51. The van der Waals surface area contributed by atoms with E-state index in [1.54, 1.807) is 13.2 Å². The first-order valence-corrected chi connectivity index (χ1v) is 9.69. The van der Waals surface area contributed by atoms with Crippen LogP contribution in [0.15, 0.2) is 42.5 Å². The van der Waals surface area contributed by atoms with Gasteiger partial charge in [0.15, 0.2) is 0 Å². The van der Waals surface area contributed by atoms with Crippen molar-refractivity contribution in [3.63, 3.8) is 0 Å². The van der Waals surface area contributed by atoms with E-state index in [-0.39, 0.29) is 5.82 Å². The van der Waals surface area contributed by atoms with Gasteiger partial charge in [-0.05, 0) is 48.7 Å². The number of rotatable bonds is 4. The summed E-state index contributed by atoms with van der Waals surface area (Å²) in [6.07, 6.45) is 0.711. The quantitative estimate of drug-likeness (QED) is 0.844. The van der Waals surface area contributed by atoms with E-state index < -0.39 is 17.8 Å². The fourth-order valence-corrected chi connectivity index (χ4v) is 4.24. The number of likely N-dealkylation sites (tertiary alicyclic amines) is 1. The maximum absolute atomic E-state index is 13.5. The third kappa shape index (κ3) is 3.85. The lowest BCUT2D eigenvalue weighted by Gasteiger charge is -2.46. The molecule has 2 N–H and O–H groups in total. The number of halogens is 1. The molecule has 2 aliphatic rings. The molecule has 0 aliphatic carbocycles. The van der Waals surface area contributed by atoms with Gasteiger partial charge >= 0.3 is 0 Å². The summed E-state index contributed by atoms with van der Waals surface area (Å²) in [5.41, 5.74) is 0.968. The van der Waals surface area contributed by atoms with Crippen molar-refractivity contribution in [2.75, 3.05) is 26.7 Å². The van der Waals surface area contributed by atoms with Gasteiger partial charge in [-0.3, -0.25) is 0 Å². The molecule has 1 saturated heterocycles. The maximum Gasteiger partial charge on any atom is 0.126 e. The molecule has 2 aromatic carbocycles. The summed E-state index contributed by atoms with van der Waals surface area (Å²) in [5, 5.41) is 21.0. The summed E-state index contributed by atoms with van der Waals surface area (Å²) >= 11 is 0. The summed E-state index contributed by atoms with van der Waals surface area (Å²) in [4.78, 5) is 2.22. The smallest absolute Gasteiger partial charge is 0.126 e. The number of fused-ring (bicyclic) bond motifs is 1. The van der Waals surface area contributed by atoms with Crippen LogP contribution >= 0.6 is 0 Å². The third-order valence-electron chi connectivity index (χ3n) is 5.92. The molecule has 2 heterocycles. The predicted molar refractivity (Wildman–Crippen MR) is 103 cm³/mol. The van der Waals surface area contributed by atoms with Gasteiger partial charge in [-0.1, -0.05) is 12.1 Å². The Kier molecular flexibility index (Phi) is 5.27. The zero-order valence-electron chi connectivity index (χ0n) is 16.0. The first kappa shape index (κ1) is 19.2. The number of aliphatic hydroxyl groups is 2. The van der Waals surface area contributed by atoms with Crippen LogP contribution in [-0.2, 0) is 0 Å². The number of hydrogen-bond donors (Lipinski definition) is 2. The molecule has 5 nitrogen and oxygen atoms in total. The van der Waals surface area contributed by atoms with Crippen LogP contribution in [0.25, 0.3) is 0 Å². The van der Waals surface area contributed by atoms with Gasteiger partial charge in [-0.25, -0.2) is 4.39 Å². The van der Waals surface area contributed by atoms with Crippen molar-refractivity contribution >= 4 is 0 Å². The molecule has 2 atom stereocenters. The van der Waals surface area contributed by atoms with Gasteiger partial charge in [0.2, 0.25) is 0 Å². The van der Waals surface area contributed by atoms with Crippen molar-refractivity contribution in [2.24, 2.45) is 0 Å². The minimum atomic E-state index is -0.712. The number of benzene rings is 2. The minimum absolute atomic E-state index is 0.361. The first-order valence-electron chi connectivity index (χ1n) is 9.69. The molecule has 0 bridgehead atoms. The monoisotopic (exact) mass is 387 g/mol. The summed E-state index contributed by atoms with van der Waals surface area (Å²) in [6.45, 7) is 2.10. The highest BCUT2D eigenvalue weighted by atomic mass is 19.1. The first-order chi connectivity index (χ1) is 13.5. The van der Waals surface area contributed by atoms with Crippen LogP contribution in [0.1, 0.15) is 42.6 Å². The van der Waals surface area contributed by atoms with Gasteiger partial charge in [0.25, 0.3) is 0 Å². The molecule has 0 unspecified atom stereocenters. The number of piperidine rings is 1. The fraction of sp³-hybridized carbons (Fsp3) is 0.455. The van der Waals surface area contributed by atoms with Crippen LogP contribution in [0.5, 0.6) is 11.5 Å². The number of hydrogen-bond acceptors (Lipinski definition) is 5. The van der Waals surface area contributed by atoms with E-state index in [0.29, 0.717) is 24.3 Å². The molecule has 0 amide bonds. The summed E-state index contributed by atoms with van der Waals surface area (Å²) in [5.74, 6) is 0.982. The lowest BCUT2D eigenvalue weighted by atomic mass is 9.81. The van der Waals surface area contributed by atoms with Crippen LogP contribution in [0, 0.1) is 5.82 Å². The molecule has 0 saturated carbocycles. The highest BCUT2D eigenvalue weighted by Gasteiger charge is 2.43. The van der Waals surface area contributed by atoms with Gasteiger partial charge in [0.1, 0.15) is 22.9 Å². The van der Waals surface area contributed by atoms with E-state index in [1.807, 2.05) is 24.3 Å². The topological polar surface area (TPSA) is 62.2 Å². The van der Waals surface area contributed by atoms with Crippen LogP contribution in [-0.4, -0.2) is 47.5 Å². The SMILES string of the molecule is COc1ccc([C@@H](O)CN2CCC3(CC2)C[C@@H](O)c2cc(F)ccc2O3)cc1. The van der Waals surface area contributed by atoms with E-state index in [1.165, 1.54) is 12.1 Å². The van der Waals surface area contributed by atoms with E-state index in [4.69, 9.17) is 9.47 Å². The molecule has 6 heteroatoms. The number of aliphatic hydroxyl groups excluding tert-OH is 2. The maximum atomic E-state index is 13.5. The summed E-state index contributed by atoms with van der Waals surface area (Å²) < 4.78 is 24.8. The second-order valence-electron chi connectivity index (χ2n) is 7.78. The number of nitrogens with zero attached hydrogens (tertiary/aromatic N) is 1. The predicted octanol–water partition coefficient (Wildman–Crippen LogP) is 3.22. The molecule has 0 radical (unpaired) electrons. The van der Waals surface area contributed by atoms with E-state index in [9.17, 15) is 14.6 Å². The average Bonchev–Trinajstić information content (AvgIpc) is 2.71. The van der Waals surface area contributed by atoms with Crippen molar-refractivity contribution in [3.05, 3.63) is 59.4 Å². The van der Waals surface area contributed by atoms with Crippen molar-refractivity contribution in [1.29, 1.82) is 0 Å². The second-order valence-corrected chi connectivity index (χ2v) is 7.78. The molecular weight excluding hydrogens is 361 g/mol. The van der Waals surface area contributed by atoms with Gasteiger partial charge in [0.05, 0.1) is 19.3 Å². The van der Waals surface area contributed by atoms with Crippen LogP contribution in [0.4, 0.5) is 4.39 Å². The van der Waals surface area contributed by atoms with Crippen molar-refractivity contribution < 1.29 is 24.1 Å². The molecule has 0 aromatic heterocycles. The Bertz CT molecular complexity index is 818. The van der Waals surface area contributed by atoms with Gasteiger partial charge in [-0.2, -0.15) is 0 Å². The Hall–Kier alpha value is -2.15. The Balaban J connectivity index is 1.37. The third-order valence-corrected chi connectivity index (χ3v) is 5.92. The summed E-state index contributed by atoms with van der Waals surface area (Å²) in [6, 6.07) is 11.8. The lowest BCUT2D eigenvalue weighted by molar-refractivity contribution is -0.0589. The largest absolute Gasteiger partial charge is 0.497 e. The Morgan fingerprint density at radius 2 is 1.93 bits per heavy atom. The molecule has 2 aromatic rings. The van der Waals surface area contributed by atoms with E-state index in [0.717, 1.165) is 37.2 Å². The van der Waals surface area contributed by atoms with E-state index >= 15 is 0 Å². The van der Waals surface area contributed by atoms with E-state index in [2.05, 4.69) is 4.90 Å². The summed E-state index contributed by atoms with van der Waals surface area (Å²) in [7, 11) is 1.62. The molecule has 1 fully saturated rings. The molecule has 1 spiro atoms. The normalized spacial score (nSPS) is 22.4. The zero-order chi connectivity index (χ0) is 19.7. The number of methoxy groups -OCH3 is 1. The number of ether oxygens (including phenoxy) is 2. The average molecular weight is 387 g/mol. The Morgan fingerprint density at radius 1 is 1.21 bits per heavy atom. The van der Waals surface area contributed by atoms with Crippen LogP contribution in [0.2, 0.25) is 0 Å². The number of β-amino-alcohol motifs (C(OH)–C–C–N with tert-alkyl or cyclic N) is 1. The minimum Gasteiger partial charge on any atom is -0.497 e. The van der Waals surface area contributed by atoms with Gasteiger partial charge in [0, 0.05) is 31.6 Å². The van der Waals surface area contributed by atoms with Gasteiger partial charge in [-0.15, -0.1) is 0 Å². The second kappa shape index (κ2) is 7.70. The van der Waals surface area contributed by atoms with Crippen molar-refractivity contribution in [3.8, 4) is 11.5 Å². The highest BCUT2D eigenvalue weighted by molar-refractivity contribution is 5.38. The van der Waals surface area contributed by atoms with Crippen LogP contribution < -0.4 is 9.47 Å². The molecule has 2 aliphatic heterocycles. The Labute approximate surface area is 164 Å². The molecular formula is C22H26FNO4. The Morgan fingerprint density at radius 3 is 2.61 bits per heavy atom. The highest BCUT2D eigenvalue weighted by Crippen LogP contribution is 2.44. The standard InChI is InChI=1S/C22H26FNO4/c1-27-17-5-2-15(3-6-17)20(26)14-24-10-8-22(9-11-24)13-19(25)18-12-16(23)4-7-21(18)28-22/h2-7,12,19-20,25-26H,8-11,13-14H2,1H3/t19-,20+/m1/s1. The molecule has 28 heavy (non-hydrogen) atoms. The fourth-order valence-electron chi connectivity index (χ4n) is 4.24. The molecule has 150 valence electrons. The van der Waals surface area contributed by atoms with Crippen molar-refractivity contribution in [2.45, 2.75) is 37.1 Å². The van der Waals surface area contributed by atoms with Crippen molar-refractivity contribution in [1.82, 2.24) is 4.90 Å². The molecule has 4 rings (SSSR count). The van der Waals surface area contributed by atoms with Gasteiger partial charge < -0.3 is 24.6 Å². The zero-order valence-corrected chi connectivity index (χ0v) is 16.0. The van der Waals surface area contributed by atoms with Crippen LogP contribution in [0.3, 0.4) is 0 Å².